The highest BCUT2D eigenvalue weighted by Crippen LogP contribution is 2.29. The quantitative estimate of drug-likeness (QED) is 0.858. The van der Waals surface area contributed by atoms with Crippen molar-refractivity contribution in [2.45, 2.75) is 18.2 Å². The van der Waals surface area contributed by atoms with Gasteiger partial charge in [0.15, 0.2) is 5.76 Å². The molecule has 2 aromatic rings. The molecule has 0 unspecified atom stereocenters. The summed E-state index contributed by atoms with van der Waals surface area (Å²) in [6.45, 7) is 1.80. The summed E-state index contributed by atoms with van der Waals surface area (Å²) >= 11 is 1.68. The Morgan fingerprint density at radius 3 is 2.72 bits per heavy atom. The zero-order chi connectivity index (χ0) is 13.0. The van der Waals surface area contributed by atoms with Crippen LogP contribution in [0.2, 0.25) is 0 Å². The molecule has 94 valence electrons. The van der Waals surface area contributed by atoms with Gasteiger partial charge < -0.3 is 9.84 Å². The maximum atomic E-state index is 11.4. The molecule has 5 heteroatoms. The van der Waals surface area contributed by atoms with Crippen LogP contribution < -0.4 is 5.32 Å². The number of nitrogens with one attached hydrogen (secondary N) is 1. The third kappa shape index (κ3) is 2.73. The van der Waals surface area contributed by atoms with Crippen LogP contribution in [0.5, 0.6) is 0 Å². The van der Waals surface area contributed by atoms with E-state index in [9.17, 15) is 4.79 Å². The molecule has 0 saturated heterocycles. The second kappa shape index (κ2) is 5.73. The topological polar surface area (TPSA) is 55.1 Å². The van der Waals surface area contributed by atoms with Crippen LogP contribution in [0.3, 0.4) is 0 Å². The summed E-state index contributed by atoms with van der Waals surface area (Å²) in [7, 11) is 0. The van der Waals surface area contributed by atoms with Crippen molar-refractivity contribution in [3.63, 3.8) is 0 Å². The summed E-state index contributed by atoms with van der Waals surface area (Å²) in [4.78, 5) is 12.6. The minimum Gasteiger partial charge on any atom is -0.354 e. The van der Waals surface area contributed by atoms with Crippen LogP contribution in [0.4, 0.5) is 5.69 Å². The fraction of sp³-hybridized carbons (Fsp3) is 0.231. The second-order valence-electron chi connectivity index (χ2n) is 3.70. The Labute approximate surface area is 110 Å². The van der Waals surface area contributed by atoms with Gasteiger partial charge in [0, 0.05) is 16.9 Å². The fourth-order valence-corrected chi connectivity index (χ4v) is 1.93. The number of rotatable bonds is 4. The summed E-state index contributed by atoms with van der Waals surface area (Å²) in [6.07, 6.45) is 3.97. The van der Waals surface area contributed by atoms with E-state index in [4.69, 9.17) is 4.52 Å². The van der Waals surface area contributed by atoms with Crippen LogP contribution in [-0.2, 0) is 4.79 Å². The van der Waals surface area contributed by atoms with Gasteiger partial charge in [-0.3, -0.25) is 4.79 Å². The molecule has 4 nitrogen and oxygen atoms in total. The standard InChI is InChI=1S/C13H14N2O2S/c1-3-12(16)15-11-8-14-17-13(11)9-4-6-10(18-2)7-5-9/h4-8H,3H2,1-2H3,(H,15,16). The zero-order valence-corrected chi connectivity index (χ0v) is 11.1. The number of amides is 1. The Morgan fingerprint density at radius 2 is 2.11 bits per heavy atom. The van der Waals surface area contributed by atoms with Gasteiger partial charge in [-0.2, -0.15) is 0 Å². The van der Waals surface area contributed by atoms with Gasteiger partial charge in [0.05, 0.1) is 6.20 Å². The Kier molecular flexibility index (Phi) is 4.04. The van der Waals surface area contributed by atoms with E-state index in [0.717, 1.165) is 5.56 Å². The van der Waals surface area contributed by atoms with E-state index >= 15 is 0 Å². The average Bonchev–Trinajstić information content (AvgIpc) is 2.86. The van der Waals surface area contributed by atoms with Gasteiger partial charge in [-0.05, 0) is 30.5 Å². The van der Waals surface area contributed by atoms with Crippen molar-refractivity contribution >= 4 is 23.4 Å². The second-order valence-corrected chi connectivity index (χ2v) is 4.58. The van der Waals surface area contributed by atoms with E-state index in [2.05, 4.69) is 10.5 Å². The largest absolute Gasteiger partial charge is 0.354 e. The molecule has 0 atom stereocenters. The SMILES string of the molecule is CCC(=O)Nc1cnoc1-c1ccc(SC)cc1. The molecule has 0 aliphatic heterocycles. The molecule has 0 saturated carbocycles. The molecular weight excluding hydrogens is 248 g/mol. The Balaban J connectivity index is 2.27. The molecule has 2 rings (SSSR count). The van der Waals surface area contributed by atoms with Crippen LogP contribution in [0.15, 0.2) is 39.9 Å². The molecule has 1 N–H and O–H groups in total. The molecular formula is C13H14N2O2S. The van der Waals surface area contributed by atoms with E-state index in [0.29, 0.717) is 17.9 Å². The lowest BCUT2D eigenvalue weighted by molar-refractivity contribution is -0.115. The molecule has 0 bridgehead atoms. The van der Waals surface area contributed by atoms with E-state index < -0.39 is 0 Å². The molecule has 1 aromatic heterocycles. The maximum Gasteiger partial charge on any atom is 0.224 e. The molecule has 0 radical (unpaired) electrons. The highest BCUT2D eigenvalue weighted by atomic mass is 32.2. The normalized spacial score (nSPS) is 10.3. The van der Waals surface area contributed by atoms with Crippen LogP contribution in [0, 0.1) is 0 Å². The maximum absolute atomic E-state index is 11.4. The molecule has 0 aliphatic rings. The van der Waals surface area contributed by atoms with E-state index in [1.54, 1.807) is 18.7 Å². The molecule has 0 aliphatic carbocycles. The lowest BCUT2D eigenvalue weighted by Crippen LogP contribution is -2.09. The summed E-state index contributed by atoms with van der Waals surface area (Å²) in [5.41, 5.74) is 1.51. The van der Waals surface area contributed by atoms with Gasteiger partial charge in [0.25, 0.3) is 0 Å². The number of aromatic nitrogens is 1. The van der Waals surface area contributed by atoms with Crippen molar-refractivity contribution in [1.82, 2.24) is 5.16 Å². The van der Waals surface area contributed by atoms with Crippen LogP contribution in [0.1, 0.15) is 13.3 Å². The number of anilines is 1. The first-order valence-corrected chi connectivity index (χ1v) is 6.86. The molecule has 1 heterocycles. The predicted octanol–water partition coefficient (Wildman–Crippen LogP) is 3.41. The molecule has 1 aromatic carbocycles. The van der Waals surface area contributed by atoms with Crippen molar-refractivity contribution in [3.05, 3.63) is 30.5 Å². The third-order valence-corrected chi connectivity index (χ3v) is 3.26. The van der Waals surface area contributed by atoms with Gasteiger partial charge in [0.1, 0.15) is 5.69 Å². The Morgan fingerprint density at radius 1 is 1.39 bits per heavy atom. The van der Waals surface area contributed by atoms with Crippen LogP contribution in [-0.4, -0.2) is 17.3 Å². The van der Waals surface area contributed by atoms with Crippen LogP contribution in [0.25, 0.3) is 11.3 Å². The Hall–Kier alpha value is -1.75. The summed E-state index contributed by atoms with van der Waals surface area (Å²) in [5.74, 6) is 0.532. The van der Waals surface area contributed by atoms with E-state index in [1.807, 2.05) is 30.5 Å². The van der Waals surface area contributed by atoms with Crippen molar-refractivity contribution in [2.75, 3.05) is 11.6 Å². The van der Waals surface area contributed by atoms with Gasteiger partial charge in [-0.15, -0.1) is 11.8 Å². The highest BCUT2D eigenvalue weighted by molar-refractivity contribution is 7.98. The number of thioether (sulfide) groups is 1. The Bertz CT molecular complexity index is 534. The van der Waals surface area contributed by atoms with Gasteiger partial charge in [-0.25, -0.2) is 0 Å². The number of hydrogen-bond donors (Lipinski definition) is 1. The monoisotopic (exact) mass is 262 g/mol. The lowest BCUT2D eigenvalue weighted by atomic mass is 10.1. The summed E-state index contributed by atoms with van der Waals surface area (Å²) < 4.78 is 5.20. The van der Waals surface area contributed by atoms with Gasteiger partial charge >= 0.3 is 0 Å². The number of hydrogen-bond acceptors (Lipinski definition) is 4. The lowest BCUT2D eigenvalue weighted by Gasteiger charge is -2.03. The molecule has 1 amide bonds. The van der Waals surface area contributed by atoms with E-state index in [-0.39, 0.29) is 5.91 Å². The number of carbonyl (C=O) groups is 1. The van der Waals surface area contributed by atoms with Crippen molar-refractivity contribution < 1.29 is 9.32 Å². The first kappa shape index (κ1) is 12.7. The number of nitrogens with zero attached hydrogens (tertiary/aromatic N) is 1. The minimum absolute atomic E-state index is 0.0554. The van der Waals surface area contributed by atoms with Crippen LogP contribution >= 0.6 is 11.8 Å². The first-order chi connectivity index (χ1) is 8.74. The number of carbonyl (C=O) groups excluding carboxylic acids is 1. The number of benzene rings is 1. The van der Waals surface area contributed by atoms with Gasteiger partial charge in [-0.1, -0.05) is 12.1 Å². The fourth-order valence-electron chi connectivity index (χ4n) is 1.52. The third-order valence-electron chi connectivity index (χ3n) is 2.52. The first-order valence-electron chi connectivity index (χ1n) is 5.63. The van der Waals surface area contributed by atoms with Crippen molar-refractivity contribution in [1.29, 1.82) is 0 Å². The average molecular weight is 262 g/mol. The van der Waals surface area contributed by atoms with E-state index in [1.165, 1.54) is 11.1 Å². The smallest absolute Gasteiger partial charge is 0.224 e. The highest BCUT2D eigenvalue weighted by Gasteiger charge is 2.12. The minimum atomic E-state index is -0.0554. The van der Waals surface area contributed by atoms with Crippen molar-refractivity contribution in [2.24, 2.45) is 0 Å². The zero-order valence-electron chi connectivity index (χ0n) is 10.3. The molecule has 0 spiro atoms. The summed E-state index contributed by atoms with van der Waals surface area (Å²) in [5, 5.41) is 6.50. The van der Waals surface area contributed by atoms with Crippen molar-refractivity contribution in [3.8, 4) is 11.3 Å². The molecule has 0 fully saturated rings. The summed E-state index contributed by atoms with van der Waals surface area (Å²) in [6, 6.07) is 7.92. The molecule has 18 heavy (non-hydrogen) atoms. The van der Waals surface area contributed by atoms with Gasteiger partial charge in [0.2, 0.25) is 5.91 Å². The predicted molar refractivity (Wildman–Crippen MR) is 72.6 cm³/mol.